The molecule has 0 spiro atoms. The van der Waals surface area contributed by atoms with E-state index in [4.69, 9.17) is 12.2 Å². The summed E-state index contributed by atoms with van der Waals surface area (Å²) >= 11 is 4.89. The van der Waals surface area contributed by atoms with Crippen molar-refractivity contribution in [3.8, 4) is 0 Å². The largest absolute Gasteiger partial charge is 0.374 e. The van der Waals surface area contributed by atoms with Crippen LogP contribution in [0.1, 0.15) is 18.9 Å². The normalized spacial score (nSPS) is 11.2. The molecular formula is C12H14FNS. The predicted molar refractivity (Wildman–Crippen MR) is 66.4 cm³/mol. The minimum absolute atomic E-state index is 0.181. The predicted octanol–water partition coefficient (Wildman–Crippen LogP) is 3.32. The molecular weight excluding hydrogens is 209 g/mol. The lowest BCUT2D eigenvalue weighted by Gasteiger charge is -2.03. The number of rotatable bonds is 4. The third kappa shape index (κ3) is 4.21. The molecule has 0 aliphatic rings. The molecule has 0 saturated carbocycles. The maximum atomic E-state index is 13.5. The van der Waals surface area contributed by atoms with Crippen LogP contribution in [0.2, 0.25) is 0 Å². The Bertz CT molecular complexity index is 346. The Hall–Kier alpha value is -1.22. The van der Waals surface area contributed by atoms with Crippen LogP contribution in [-0.4, -0.2) is 11.5 Å². The number of hydrogen-bond acceptors (Lipinski definition) is 1. The SMILES string of the molecule is CCCNC(=S)/C(F)=C\c1ccccc1. The monoisotopic (exact) mass is 223 g/mol. The van der Waals surface area contributed by atoms with Crippen LogP contribution in [0.5, 0.6) is 0 Å². The standard InChI is InChI=1S/C12H14FNS/c1-2-8-14-12(15)11(13)9-10-6-4-3-5-7-10/h3-7,9H,2,8H2,1H3,(H,14,15)/b11-9+. The zero-order valence-corrected chi connectivity index (χ0v) is 9.48. The number of nitrogens with one attached hydrogen (secondary N) is 1. The van der Waals surface area contributed by atoms with Crippen molar-refractivity contribution >= 4 is 23.3 Å². The van der Waals surface area contributed by atoms with Crippen molar-refractivity contribution in [3.05, 3.63) is 41.7 Å². The van der Waals surface area contributed by atoms with E-state index in [2.05, 4.69) is 5.32 Å². The molecule has 0 heterocycles. The van der Waals surface area contributed by atoms with Gasteiger partial charge in [-0.1, -0.05) is 49.5 Å². The molecule has 0 aliphatic carbocycles. The fraction of sp³-hybridized carbons (Fsp3) is 0.250. The summed E-state index contributed by atoms with van der Waals surface area (Å²) in [6.07, 6.45) is 2.36. The smallest absolute Gasteiger partial charge is 0.158 e. The van der Waals surface area contributed by atoms with Crippen LogP contribution >= 0.6 is 12.2 Å². The zero-order chi connectivity index (χ0) is 11.1. The molecule has 0 unspecified atom stereocenters. The topological polar surface area (TPSA) is 12.0 Å². The summed E-state index contributed by atoms with van der Waals surface area (Å²) < 4.78 is 13.5. The van der Waals surface area contributed by atoms with Crippen molar-refractivity contribution < 1.29 is 4.39 Å². The van der Waals surface area contributed by atoms with Crippen molar-refractivity contribution in [2.45, 2.75) is 13.3 Å². The van der Waals surface area contributed by atoms with Crippen LogP contribution in [0.25, 0.3) is 6.08 Å². The lowest BCUT2D eigenvalue weighted by molar-refractivity contribution is 0.679. The molecule has 1 nitrogen and oxygen atoms in total. The van der Waals surface area contributed by atoms with Crippen molar-refractivity contribution in [2.75, 3.05) is 6.54 Å². The van der Waals surface area contributed by atoms with Crippen LogP contribution in [0.15, 0.2) is 36.2 Å². The van der Waals surface area contributed by atoms with Gasteiger partial charge in [0, 0.05) is 6.54 Å². The number of halogens is 1. The fourth-order valence-corrected chi connectivity index (χ4v) is 1.25. The lowest BCUT2D eigenvalue weighted by Crippen LogP contribution is -2.22. The molecule has 0 radical (unpaired) electrons. The average Bonchev–Trinajstić information content (AvgIpc) is 2.27. The van der Waals surface area contributed by atoms with E-state index in [-0.39, 0.29) is 10.8 Å². The highest BCUT2D eigenvalue weighted by Crippen LogP contribution is 2.08. The summed E-state index contributed by atoms with van der Waals surface area (Å²) in [5.74, 6) is -0.385. The van der Waals surface area contributed by atoms with E-state index in [1.165, 1.54) is 6.08 Å². The van der Waals surface area contributed by atoms with Gasteiger partial charge in [-0.05, 0) is 18.1 Å². The van der Waals surface area contributed by atoms with Gasteiger partial charge in [0.1, 0.15) is 4.99 Å². The quantitative estimate of drug-likeness (QED) is 0.620. The molecule has 0 aromatic heterocycles. The third-order valence-electron chi connectivity index (χ3n) is 1.85. The van der Waals surface area contributed by atoms with Gasteiger partial charge in [-0.15, -0.1) is 0 Å². The molecule has 0 amide bonds. The van der Waals surface area contributed by atoms with E-state index in [0.717, 1.165) is 12.0 Å². The second-order valence-electron chi connectivity index (χ2n) is 3.16. The highest BCUT2D eigenvalue weighted by Gasteiger charge is 2.02. The maximum Gasteiger partial charge on any atom is 0.158 e. The molecule has 0 aliphatic heterocycles. The summed E-state index contributed by atoms with van der Waals surface area (Å²) in [4.78, 5) is 0.181. The molecule has 1 aromatic carbocycles. The second kappa shape index (κ2) is 6.30. The third-order valence-corrected chi connectivity index (χ3v) is 2.18. The maximum absolute atomic E-state index is 13.5. The van der Waals surface area contributed by atoms with E-state index in [0.29, 0.717) is 6.54 Å². The summed E-state index contributed by atoms with van der Waals surface area (Å²) in [7, 11) is 0. The Morgan fingerprint density at radius 3 is 2.67 bits per heavy atom. The van der Waals surface area contributed by atoms with Crippen LogP contribution in [0.3, 0.4) is 0 Å². The van der Waals surface area contributed by atoms with Gasteiger partial charge in [-0.3, -0.25) is 0 Å². The van der Waals surface area contributed by atoms with Gasteiger partial charge in [-0.2, -0.15) is 0 Å². The van der Waals surface area contributed by atoms with Crippen molar-refractivity contribution in [1.82, 2.24) is 5.32 Å². The highest BCUT2D eigenvalue weighted by atomic mass is 32.1. The van der Waals surface area contributed by atoms with Gasteiger partial charge in [0.05, 0.1) is 0 Å². The minimum Gasteiger partial charge on any atom is -0.374 e. The van der Waals surface area contributed by atoms with E-state index < -0.39 is 0 Å². The first-order chi connectivity index (χ1) is 7.24. The molecule has 3 heteroatoms. The molecule has 0 saturated heterocycles. The van der Waals surface area contributed by atoms with Crippen molar-refractivity contribution in [1.29, 1.82) is 0 Å². The minimum atomic E-state index is -0.385. The van der Waals surface area contributed by atoms with Gasteiger partial charge in [0.25, 0.3) is 0 Å². The summed E-state index contributed by atoms with van der Waals surface area (Å²) in [6, 6.07) is 9.29. The molecule has 0 atom stereocenters. The van der Waals surface area contributed by atoms with Gasteiger partial charge in [-0.25, -0.2) is 4.39 Å². The molecule has 80 valence electrons. The van der Waals surface area contributed by atoms with Crippen LogP contribution in [0, 0.1) is 0 Å². The first-order valence-corrected chi connectivity index (χ1v) is 5.35. The Kier molecular flexibility index (Phi) is 4.98. The zero-order valence-electron chi connectivity index (χ0n) is 8.66. The van der Waals surface area contributed by atoms with Crippen LogP contribution < -0.4 is 5.32 Å². The number of thiocarbonyl (C=S) groups is 1. The van der Waals surface area contributed by atoms with Gasteiger partial charge >= 0.3 is 0 Å². The number of hydrogen-bond donors (Lipinski definition) is 1. The average molecular weight is 223 g/mol. The van der Waals surface area contributed by atoms with Gasteiger partial charge < -0.3 is 5.32 Å². The molecule has 1 rings (SSSR count). The lowest BCUT2D eigenvalue weighted by atomic mass is 10.2. The van der Waals surface area contributed by atoms with E-state index in [1.54, 1.807) is 0 Å². The first kappa shape index (κ1) is 11.9. The fourth-order valence-electron chi connectivity index (χ4n) is 1.08. The van der Waals surface area contributed by atoms with E-state index in [1.807, 2.05) is 37.3 Å². The summed E-state index contributed by atoms with van der Waals surface area (Å²) in [5.41, 5.74) is 0.815. The van der Waals surface area contributed by atoms with Crippen LogP contribution in [-0.2, 0) is 0 Å². The van der Waals surface area contributed by atoms with Crippen molar-refractivity contribution in [3.63, 3.8) is 0 Å². The van der Waals surface area contributed by atoms with Gasteiger partial charge in [0.2, 0.25) is 0 Å². The second-order valence-corrected chi connectivity index (χ2v) is 3.57. The van der Waals surface area contributed by atoms with E-state index >= 15 is 0 Å². The van der Waals surface area contributed by atoms with Crippen molar-refractivity contribution in [2.24, 2.45) is 0 Å². The Morgan fingerprint density at radius 1 is 1.40 bits per heavy atom. The molecule has 0 fully saturated rings. The Labute approximate surface area is 95.0 Å². The Morgan fingerprint density at radius 2 is 2.07 bits per heavy atom. The molecule has 0 bridgehead atoms. The van der Waals surface area contributed by atoms with Crippen LogP contribution in [0.4, 0.5) is 4.39 Å². The first-order valence-electron chi connectivity index (χ1n) is 4.94. The Balaban J connectivity index is 2.63. The van der Waals surface area contributed by atoms with E-state index in [9.17, 15) is 4.39 Å². The molecule has 15 heavy (non-hydrogen) atoms. The highest BCUT2D eigenvalue weighted by molar-refractivity contribution is 7.80. The summed E-state index contributed by atoms with van der Waals surface area (Å²) in [6.45, 7) is 2.71. The van der Waals surface area contributed by atoms with Gasteiger partial charge in [0.15, 0.2) is 5.83 Å². The molecule has 1 N–H and O–H groups in total. The molecule has 1 aromatic rings. The number of benzene rings is 1. The summed E-state index contributed by atoms with van der Waals surface area (Å²) in [5, 5.41) is 2.84.